The van der Waals surface area contributed by atoms with Crippen LogP contribution in [0.5, 0.6) is 5.75 Å². The summed E-state index contributed by atoms with van der Waals surface area (Å²) in [4.78, 5) is 2.87. The van der Waals surface area contributed by atoms with Crippen molar-refractivity contribution in [2.24, 2.45) is 0 Å². The Bertz CT molecular complexity index is 1010. The van der Waals surface area contributed by atoms with E-state index in [9.17, 15) is 12.8 Å². The van der Waals surface area contributed by atoms with Crippen molar-refractivity contribution in [3.63, 3.8) is 0 Å². The van der Waals surface area contributed by atoms with Crippen molar-refractivity contribution in [3.05, 3.63) is 59.4 Å². The number of likely N-dealkylation sites (tertiary alicyclic amines) is 1. The molecule has 0 saturated carbocycles. The minimum absolute atomic E-state index is 0.0260. The molecule has 5 nitrogen and oxygen atoms in total. The van der Waals surface area contributed by atoms with Crippen LogP contribution in [0.1, 0.15) is 36.8 Å². The molecule has 2 aromatic carbocycles. The number of benzene rings is 2. The fourth-order valence-electron chi connectivity index (χ4n) is 4.75. The molecule has 2 saturated heterocycles. The molecule has 7 heteroatoms. The van der Waals surface area contributed by atoms with Crippen LogP contribution in [0.15, 0.2) is 47.4 Å². The topological polar surface area (TPSA) is 49.9 Å². The maximum Gasteiger partial charge on any atom is 0.243 e. The number of rotatable bonds is 5. The highest BCUT2D eigenvalue weighted by Crippen LogP contribution is 2.28. The molecule has 0 radical (unpaired) electrons. The van der Waals surface area contributed by atoms with Gasteiger partial charge in [0.15, 0.2) is 11.6 Å². The van der Waals surface area contributed by atoms with Gasteiger partial charge in [0.25, 0.3) is 0 Å². The zero-order chi connectivity index (χ0) is 22.0. The zero-order valence-corrected chi connectivity index (χ0v) is 19.1. The SMILES string of the molecule is Cc1ccc(S(=O)(=O)N2CCC(N3CCC(Oc4ccccc4F)CC3)CC2)c(C)c1. The van der Waals surface area contributed by atoms with Crippen molar-refractivity contribution in [1.82, 2.24) is 9.21 Å². The first kappa shape index (κ1) is 22.2. The van der Waals surface area contributed by atoms with Crippen LogP contribution in [-0.4, -0.2) is 55.9 Å². The summed E-state index contributed by atoms with van der Waals surface area (Å²) in [7, 11) is -3.45. The molecule has 0 aliphatic carbocycles. The van der Waals surface area contributed by atoms with E-state index in [4.69, 9.17) is 4.74 Å². The second-order valence-corrected chi connectivity index (χ2v) is 10.6. The third-order valence-electron chi connectivity index (χ3n) is 6.49. The lowest BCUT2D eigenvalue weighted by Crippen LogP contribution is -2.50. The standard InChI is InChI=1S/C24H31FN2O3S/c1-18-7-8-24(19(2)17-18)31(28,29)27-15-9-20(10-16-27)26-13-11-21(12-14-26)30-23-6-4-3-5-22(23)25/h3-8,17,20-21H,9-16H2,1-2H3. The Kier molecular flexibility index (Phi) is 6.65. The average molecular weight is 447 g/mol. The van der Waals surface area contributed by atoms with Gasteiger partial charge < -0.3 is 9.64 Å². The molecule has 2 fully saturated rings. The van der Waals surface area contributed by atoms with Gasteiger partial charge in [-0.1, -0.05) is 29.8 Å². The number of sulfonamides is 1. The molecular formula is C24H31FN2O3S. The van der Waals surface area contributed by atoms with Crippen molar-refractivity contribution in [2.45, 2.75) is 56.6 Å². The number of halogens is 1. The van der Waals surface area contributed by atoms with Gasteiger partial charge in [-0.2, -0.15) is 4.31 Å². The molecule has 4 rings (SSSR count). The highest BCUT2D eigenvalue weighted by Gasteiger charge is 2.34. The van der Waals surface area contributed by atoms with Crippen LogP contribution in [0.4, 0.5) is 4.39 Å². The first-order valence-electron chi connectivity index (χ1n) is 11.1. The van der Waals surface area contributed by atoms with E-state index in [1.54, 1.807) is 28.6 Å². The van der Waals surface area contributed by atoms with E-state index < -0.39 is 10.0 Å². The predicted octanol–water partition coefficient (Wildman–Crippen LogP) is 4.14. The smallest absolute Gasteiger partial charge is 0.243 e. The van der Waals surface area contributed by atoms with Gasteiger partial charge in [0.1, 0.15) is 6.10 Å². The molecule has 2 heterocycles. The Balaban J connectivity index is 1.30. The van der Waals surface area contributed by atoms with E-state index >= 15 is 0 Å². The Labute approximate surface area is 184 Å². The number of hydrogen-bond donors (Lipinski definition) is 0. The molecule has 0 unspecified atom stereocenters. The van der Waals surface area contributed by atoms with Gasteiger partial charge in [-0.25, -0.2) is 12.8 Å². The molecule has 2 aliphatic heterocycles. The molecule has 0 N–H and O–H groups in total. The van der Waals surface area contributed by atoms with Crippen LogP contribution in [0.3, 0.4) is 0 Å². The van der Waals surface area contributed by atoms with E-state index in [0.717, 1.165) is 49.9 Å². The summed E-state index contributed by atoms with van der Waals surface area (Å²) in [6.45, 7) is 6.72. The fraction of sp³-hybridized carbons (Fsp3) is 0.500. The first-order chi connectivity index (χ1) is 14.8. The van der Waals surface area contributed by atoms with Crippen molar-refractivity contribution in [3.8, 4) is 5.75 Å². The Hall–Kier alpha value is -1.96. The molecule has 0 atom stereocenters. The average Bonchev–Trinajstić information content (AvgIpc) is 2.76. The lowest BCUT2D eigenvalue weighted by Gasteiger charge is -2.41. The van der Waals surface area contributed by atoms with Gasteiger partial charge in [-0.15, -0.1) is 0 Å². The molecule has 0 amide bonds. The molecule has 2 aromatic rings. The van der Waals surface area contributed by atoms with E-state index in [1.807, 2.05) is 26.0 Å². The second kappa shape index (κ2) is 9.27. The lowest BCUT2D eigenvalue weighted by atomic mass is 10.00. The van der Waals surface area contributed by atoms with Gasteiger partial charge >= 0.3 is 0 Å². The highest BCUT2D eigenvalue weighted by atomic mass is 32.2. The van der Waals surface area contributed by atoms with E-state index in [1.165, 1.54) is 6.07 Å². The van der Waals surface area contributed by atoms with Crippen LogP contribution in [0.25, 0.3) is 0 Å². The normalized spacial score (nSPS) is 20.1. The van der Waals surface area contributed by atoms with E-state index in [-0.39, 0.29) is 11.9 Å². The summed E-state index contributed by atoms with van der Waals surface area (Å²) in [6, 6.07) is 12.4. The van der Waals surface area contributed by atoms with Gasteiger partial charge in [-0.3, -0.25) is 0 Å². The molecule has 168 valence electrons. The third kappa shape index (κ3) is 4.94. The number of piperidine rings is 2. The largest absolute Gasteiger partial charge is 0.487 e. The van der Waals surface area contributed by atoms with Gasteiger partial charge in [-0.05, 0) is 63.3 Å². The predicted molar refractivity (Wildman–Crippen MR) is 119 cm³/mol. The number of nitrogens with zero attached hydrogens (tertiary/aromatic N) is 2. The fourth-order valence-corrected chi connectivity index (χ4v) is 6.43. The summed E-state index contributed by atoms with van der Waals surface area (Å²) in [5.74, 6) is 0.00758. The minimum atomic E-state index is -3.45. The van der Waals surface area contributed by atoms with Gasteiger partial charge in [0, 0.05) is 32.2 Å². The van der Waals surface area contributed by atoms with E-state index in [2.05, 4.69) is 4.90 Å². The quantitative estimate of drug-likeness (QED) is 0.693. The van der Waals surface area contributed by atoms with Gasteiger partial charge in [0.2, 0.25) is 10.0 Å². The zero-order valence-electron chi connectivity index (χ0n) is 18.3. The molecular weight excluding hydrogens is 415 g/mol. The van der Waals surface area contributed by atoms with Crippen molar-refractivity contribution in [1.29, 1.82) is 0 Å². The maximum absolute atomic E-state index is 13.8. The number of hydrogen-bond acceptors (Lipinski definition) is 4. The third-order valence-corrected chi connectivity index (χ3v) is 8.55. The van der Waals surface area contributed by atoms with Crippen LogP contribution in [0.2, 0.25) is 0 Å². The van der Waals surface area contributed by atoms with Crippen LogP contribution >= 0.6 is 0 Å². The number of ether oxygens (including phenoxy) is 1. The minimum Gasteiger partial charge on any atom is -0.487 e. The lowest BCUT2D eigenvalue weighted by molar-refractivity contribution is 0.0568. The number of aryl methyl sites for hydroxylation is 2. The van der Waals surface area contributed by atoms with Crippen molar-refractivity contribution >= 4 is 10.0 Å². The molecule has 0 aromatic heterocycles. The maximum atomic E-state index is 13.8. The van der Waals surface area contributed by atoms with Crippen molar-refractivity contribution in [2.75, 3.05) is 26.2 Å². The summed E-state index contributed by atoms with van der Waals surface area (Å²) in [5, 5.41) is 0. The molecule has 0 spiro atoms. The number of para-hydroxylation sites is 1. The van der Waals surface area contributed by atoms with Crippen LogP contribution in [0, 0.1) is 19.7 Å². The summed E-state index contributed by atoms with van der Waals surface area (Å²) < 4.78 is 47.5. The monoisotopic (exact) mass is 446 g/mol. The van der Waals surface area contributed by atoms with Gasteiger partial charge in [0.05, 0.1) is 4.90 Å². The first-order valence-corrected chi connectivity index (χ1v) is 12.5. The van der Waals surface area contributed by atoms with E-state index in [0.29, 0.717) is 29.8 Å². The second-order valence-electron chi connectivity index (χ2n) is 8.69. The summed E-state index contributed by atoms with van der Waals surface area (Å²) in [6.07, 6.45) is 3.41. The molecule has 31 heavy (non-hydrogen) atoms. The van der Waals surface area contributed by atoms with Crippen LogP contribution in [-0.2, 0) is 10.0 Å². The van der Waals surface area contributed by atoms with Crippen molar-refractivity contribution < 1.29 is 17.5 Å². The Morgan fingerprint density at radius 3 is 2.26 bits per heavy atom. The molecule has 0 bridgehead atoms. The summed E-state index contributed by atoms with van der Waals surface area (Å²) >= 11 is 0. The summed E-state index contributed by atoms with van der Waals surface area (Å²) in [5.41, 5.74) is 1.87. The highest BCUT2D eigenvalue weighted by molar-refractivity contribution is 7.89. The Morgan fingerprint density at radius 1 is 0.935 bits per heavy atom. The Morgan fingerprint density at radius 2 is 1.61 bits per heavy atom. The van der Waals surface area contributed by atoms with Crippen LogP contribution < -0.4 is 4.74 Å². The molecule has 2 aliphatic rings.